The normalized spacial score (nSPS) is 10.2. The summed E-state index contributed by atoms with van der Waals surface area (Å²) in [6.07, 6.45) is 0.925. The summed E-state index contributed by atoms with van der Waals surface area (Å²) in [5.41, 5.74) is 1.71. The number of rotatable bonds is 3. The largest absolute Gasteiger partial charge is 0.293 e. The Balaban J connectivity index is 3.05. The molecule has 12 heavy (non-hydrogen) atoms. The minimum absolute atomic E-state index is 0.0388. The second-order valence-corrected chi connectivity index (χ2v) is 2.75. The van der Waals surface area contributed by atoms with Gasteiger partial charge in [0.2, 0.25) is 0 Å². The Bertz CT molecular complexity index is 267. The number of carbonyl (C=O) groups excluding carboxylic acids is 1. The molecule has 0 aliphatic carbocycles. The Morgan fingerprint density at radius 1 is 1.58 bits per heavy atom. The molecule has 1 heterocycles. The van der Waals surface area contributed by atoms with E-state index in [0.29, 0.717) is 5.69 Å². The van der Waals surface area contributed by atoms with Crippen molar-refractivity contribution in [1.29, 1.82) is 0 Å². The van der Waals surface area contributed by atoms with Crippen LogP contribution in [0.5, 0.6) is 0 Å². The third-order valence-electron chi connectivity index (χ3n) is 1.89. The molecule has 66 valence electrons. The van der Waals surface area contributed by atoms with Gasteiger partial charge in [0, 0.05) is 19.2 Å². The molecule has 0 unspecified atom stereocenters. The highest BCUT2D eigenvalue weighted by Gasteiger charge is 2.07. The number of carbonyl (C=O) groups is 1. The van der Waals surface area contributed by atoms with Gasteiger partial charge in [-0.3, -0.25) is 9.48 Å². The number of aromatic nitrogens is 2. The first kappa shape index (κ1) is 8.97. The van der Waals surface area contributed by atoms with Crippen LogP contribution in [-0.2, 0) is 13.0 Å². The fourth-order valence-electron chi connectivity index (χ4n) is 1.19. The highest BCUT2D eigenvalue weighted by Crippen LogP contribution is 2.05. The standard InChI is InChI=1S/C9H14N2O/c1-4-8-6-9(7(3)12)10-11(8)5-2/h6H,4-5H2,1-3H3. The van der Waals surface area contributed by atoms with Crippen molar-refractivity contribution in [2.75, 3.05) is 0 Å². The quantitative estimate of drug-likeness (QED) is 0.640. The zero-order chi connectivity index (χ0) is 9.14. The number of aryl methyl sites for hydroxylation is 2. The molecule has 0 atom stereocenters. The predicted octanol–water partition coefficient (Wildman–Crippen LogP) is 1.67. The monoisotopic (exact) mass is 166 g/mol. The highest BCUT2D eigenvalue weighted by atomic mass is 16.1. The van der Waals surface area contributed by atoms with E-state index in [9.17, 15) is 4.79 Å². The minimum atomic E-state index is 0.0388. The van der Waals surface area contributed by atoms with Crippen molar-refractivity contribution in [2.45, 2.75) is 33.7 Å². The van der Waals surface area contributed by atoms with Gasteiger partial charge in [-0.1, -0.05) is 6.92 Å². The summed E-state index contributed by atoms with van der Waals surface area (Å²) in [5, 5.41) is 4.17. The maximum absolute atomic E-state index is 11.0. The molecule has 0 radical (unpaired) electrons. The lowest BCUT2D eigenvalue weighted by Gasteiger charge is -1.98. The molecule has 0 N–H and O–H groups in total. The zero-order valence-electron chi connectivity index (χ0n) is 7.79. The maximum atomic E-state index is 11.0. The van der Waals surface area contributed by atoms with E-state index in [1.165, 1.54) is 0 Å². The van der Waals surface area contributed by atoms with Crippen LogP contribution in [0.4, 0.5) is 0 Å². The molecule has 0 saturated heterocycles. The predicted molar refractivity (Wildman–Crippen MR) is 47.3 cm³/mol. The van der Waals surface area contributed by atoms with Crippen LogP contribution < -0.4 is 0 Å². The molecular weight excluding hydrogens is 152 g/mol. The van der Waals surface area contributed by atoms with Crippen molar-refractivity contribution in [1.82, 2.24) is 9.78 Å². The van der Waals surface area contributed by atoms with Gasteiger partial charge >= 0.3 is 0 Å². The zero-order valence-corrected chi connectivity index (χ0v) is 7.79. The lowest BCUT2D eigenvalue weighted by atomic mass is 10.2. The fourth-order valence-corrected chi connectivity index (χ4v) is 1.19. The second kappa shape index (κ2) is 3.52. The summed E-state index contributed by atoms with van der Waals surface area (Å²) in [7, 11) is 0. The van der Waals surface area contributed by atoms with E-state index in [1.54, 1.807) is 6.92 Å². The van der Waals surface area contributed by atoms with Crippen LogP contribution in [-0.4, -0.2) is 15.6 Å². The molecular formula is C9H14N2O. The summed E-state index contributed by atoms with van der Waals surface area (Å²) in [4.78, 5) is 11.0. The van der Waals surface area contributed by atoms with Gasteiger partial charge in [0.05, 0.1) is 0 Å². The van der Waals surface area contributed by atoms with Crippen molar-refractivity contribution in [2.24, 2.45) is 0 Å². The first-order valence-electron chi connectivity index (χ1n) is 4.26. The molecule has 0 saturated carbocycles. The van der Waals surface area contributed by atoms with Gasteiger partial charge in [-0.2, -0.15) is 5.10 Å². The van der Waals surface area contributed by atoms with Crippen LogP contribution >= 0.6 is 0 Å². The van der Waals surface area contributed by atoms with Gasteiger partial charge in [0.1, 0.15) is 5.69 Å². The topological polar surface area (TPSA) is 34.9 Å². The third-order valence-corrected chi connectivity index (χ3v) is 1.89. The van der Waals surface area contributed by atoms with Crippen LogP contribution in [0.25, 0.3) is 0 Å². The Morgan fingerprint density at radius 3 is 2.58 bits per heavy atom. The van der Waals surface area contributed by atoms with E-state index < -0.39 is 0 Å². The molecule has 0 bridgehead atoms. The van der Waals surface area contributed by atoms with Crippen LogP contribution in [0.15, 0.2) is 6.07 Å². The van der Waals surface area contributed by atoms with Crippen LogP contribution in [0.1, 0.15) is 37.0 Å². The molecule has 1 aromatic heterocycles. The molecule has 0 fully saturated rings. The fraction of sp³-hybridized carbons (Fsp3) is 0.556. The molecule has 0 spiro atoms. The van der Waals surface area contributed by atoms with Crippen molar-refractivity contribution < 1.29 is 4.79 Å². The highest BCUT2D eigenvalue weighted by molar-refractivity contribution is 5.92. The number of Topliss-reactive ketones (excluding diaryl/α,β-unsaturated/α-hetero) is 1. The summed E-state index contributed by atoms with van der Waals surface area (Å²) in [5.74, 6) is 0.0388. The number of hydrogen-bond donors (Lipinski definition) is 0. The van der Waals surface area contributed by atoms with Gasteiger partial charge in [-0.25, -0.2) is 0 Å². The van der Waals surface area contributed by atoms with E-state index in [2.05, 4.69) is 12.0 Å². The maximum Gasteiger partial charge on any atom is 0.179 e. The van der Waals surface area contributed by atoms with E-state index in [0.717, 1.165) is 18.7 Å². The molecule has 0 aliphatic heterocycles. The first-order valence-corrected chi connectivity index (χ1v) is 4.26. The SMILES string of the molecule is CCc1cc(C(C)=O)nn1CC. The minimum Gasteiger partial charge on any atom is -0.293 e. The van der Waals surface area contributed by atoms with Crippen molar-refractivity contribution in [3.8, 4) is 0 Å². The molecule has 1 rings (SSSR count). The summed E-state index contributed by atoms with van der Waals surface area (Å²) in [6.45, 7) is 6.46. The van der Waals surface area contributed by atoms with Gasteiger partial charge in [-0.15, -0.1) is 0 Å². The lowest BCUT2D eigenvalue weighted by molar-refractivity contribution is 0.101. The average molecular weight is 166 g/mol. The van der Waals surface area contributed by atoms with Crippen LogP contribution in [0.3, 0.4) is 0 Å². The number of ketones is 1. The summed E-state index contributed by atoms with van der Waals surface area (Å²) < 4.78 is 1.87. The van der Waals surface area contributed by atoms with E-state index >= 15 is 0 Å². The van der Waals surface area contributed by atoms with Gasteiger partial charge in [0.15, 0.2) is 5.78 Å². The van der Waals surface area contributed by atoms with Gasteiger partial charge in [0.25, 0.3) is 0 Å². The Labute approximate surface area is 72.4 Å². The molecule has 0 aromatic carbocycles. The van der Waals surface area contributed by atoms with Crippen LogP contribution in [0.2, 0.25) is 0 Å². The Hall–Kier alpha value is -1.12. The van der Waals surface area contributed by atoms with E-state index in [1.807, 2.05) is 17.7 Å². The van der Waals surface area contributed by atoms with Crippen molar-refractivity contribution >= 4 is 5.78 Å². The first-order chi connectivity index (χ1) is 5.69. The molecule has 3 nitrogen and oxygen atoms in total. The molecule has 0 aliphatic rings. The van der Waals surface area contributed by atoms with Crippen molar-refractivity contribution in [3.63, 3.8) is 0 Å². The van der Waals surface area contributed by atoms with E-state index in [-0.39, 0.29) is 5.78 Å². The second-order valence-electron chi connectivity index (χ2n) is 2.75. The molecule has 1 aromatic rings. The summed E-state index contributed by atoms with van der Waals surface area (Å²) in [6, 6.07) is 1.87. The average Bonchev–Trinajstić information content (AvgIpc) is 2.46. The summed E-state index contributed by atoms with van der Waals surface area (Å²) >= 11 is 0. The number of nitrogens with zero attached hydrogens (tertiary/aromatic N) is 2. The smallest absolute Gasteiger partial charge is 0.179 e. The van der Waals surface area contributed by atoms with Crippen LogP contribution in [0, 0.1) is 0 Å². The van der Waals surface area contributed by atoms with Gasteiger partial charge in [-0.05, 0) is 19.4 Å². The Morgan fingerprint density at radius 2 is 2.25 bits per heavy atom. The molecule has 3 heteroatoms. The van der Waals surface area contributed by atoms with Crippen molar-refractivity contribution in [3.05, 3.63) is 17.5 Å². The molecule has 0 amide bonds. The van der Waals surface area contributed by atoms with E-state index in [4.69, 9.17) is 0 Å². The lowest BCUT2D eigenvalue weighted by Crippen LogP contribution is -2.02. The Kier molecular flexibility index (Phi) is 2.63. The van der Waals surface area contributed by atoms with Gasteiger partial charge < -0.3 is 0 Å². The number of hydrogen-bond acceptors (Lipinski definition) is 2. The third kappa shape index (κ3) is 1.55.